The molecule has 7 nitrogen and oxygen atoms in total. The van der Waals surface area contributed by atoms with Gasteiger partial charge in [-0.3, -0.25) is 0 Å². The van der Waals surface area contributed by atoms with E-state index in [0.717, 1.165) is 6.04 Å². The number of rotatable bonds is 10. The lowest BCUT2D eigenvalue weighted by Gasteiger charge is -2.15. The highest BCUT2D eigenvalue weighted by Crippen LogP contribution is 2.29. The summed E-state index contributed by atoms with van der Waals surface area (Å²) in [5.74, 6) is 0.560. The van der Waals surface area contributed by atoms with Gasteiger partial charge in [0.05, 0.1) is 17.2 Å². The highest BCUT2D eigenvalue weighted by atomic mass is 28.3. The lowest BCUT2D eigenvalue weighted by molar-refractivity contribution is 0.0219. The predicted octanol–water partition coefficient (Wildman–Crippen LogP) is 5.89. The van der Waals surface area contributed by atoms with Crippen LogP contribution >= 0.6 is 0 Å². The normalized spacial score (nSPS) is 11.5. The van der Waals surface area contributed by atoms with Crippen molar-refractivity contribution in [2.24, 2.45) is 0 Å². The molecule has 0 saturated heterocycles. The second-order valence-corrected chi connectivity index (χ2v) is 14.7. The Balaban J connectivity index is 1.68. The molecular weight excluding hydrogens is 441 g/mol. The molecule has 0 fully saturated rings. The van der Waals surface area contributed by atoms with Gasteiger partial charge >= 0.3 is 0 Å². The smallest absolute Gasteiger partial charge is 0.258 e. The second kappa shape index (κ2) is 10.6. The Hall–Kier alpha value is -3.22. The first kappa shape index (κ1) is 24.4. The zero-order chi connectivity index (χ0) is 24.0. The number of nitrogens with zero attached hydrogens (tertiary/aromatic N) is 3. The van der Waals surface area contributed by atoms with Gasteiger partial charge in [0.25, 0.3) is 5.89 Å². The van der Waals surface area contributed by atoms with Crippen LogP contribution in [0, 0.1) is 17.1 Å². The summed E-state index contributed by atoms with van der Waals surface area (Å²) in [7, 11) is -1.16. The Morgan fingerprint density at radius 1 is 1.15 bits per heavy atom. The standard InChI is InChI=1S/C24H28FN3O4Si/c1-16(2)31-22-9-6-17(12-18(22)14-26)24-27-23(28-32-24)20-8-7-19(13-21(20)25)30-15-29-10-11-33(3,4)5/h6-9,12-13,16H,10-11,15H2,1-5H3. The maximum Gasteiger partial charge on any atom is 0.258 e. The van der Waals surface area contributed by atoms with Gasteiger partial charge in [-0.05, 0) is 50.2 Å². The van der Waals surface area contributed by atoms with Crippen molar-refractivity contribution in [2.75, 3.05) is 13.4 Å². The summed E-state index contributed by atoms with van der Waals surface area (Å²) >= 11 is 0. The molecule has 0 atom stereocenters. The summed E-state index contributed by atoms with van der Waals surface area (Å²) in [6, 6.07) is 12.5. The van der Waals surface area contributed by atoms with Crippen LogP contribution in [0.25, 0.3) is 22.8 Å². The first-order valence-electron chi connectivity index (χ1n) is 10.7. The van der Waals surface area contributed by atoms with Crippen LogP contribution in [0.2, 0.25) is 25.7 Å². The third-order valence-electron chi connectivity index (χ3n) is 4.62. The van der Waals surface area contributed by atoms with Crippen molar-refractivity contribution < 1.29 is 23.1 Å². The molecule has 0 spiro atoms. The van der Waals surface area contributed by atoms with E-state index in [9.17, 15) is 9.65 Å². The number of aromatic nitrogens is 2. The number of halogens is 1. The topological polar surface area (TPSA) is 90.4 Å². The predicted molar refractivity (Wildman–Crippen MR) is 125 cm³/mol. The average Bonchev–Trinajstić information content (AvgIpc) is 3.22. The summed E-state index contributed by atoms with van der Waals surface area (Å²) in [6.45, 7) is 11.3. The summed E-state index contributed by atoms with van der Waals surface area (Å²) in [4.78, 5) is 4.29. The molecule has 0 unspecified atom stereocenters. The maximum atomic E-state index is 14.7. The first-order valence-corrected chi connectivity index (χ1v) is 14.4. The molecular formula is C24H28FN3O4Si. The molecule has 0 aliphatic carbocycles. The lowest BCUT2D eigenvalue weighted by Crippen LogP contribution is -2.22. The molecule has 1 heterocycles. The number of hydrogen-bond donors (Lipinski definition) is 0. The zero-order valence-electron chi connectivity index (χ0n) is 19.5. The van der Waals surface area contributed by atoms with Crippen LogP contribution in [0.3, 0.4) is 0 Å². The van der Waals surface area contributed by atoms with Crippen LogP contribution in [0.1, 0.15) is 19.4 Å². The van der Waals surface area contributed by atoms with Gasteiger partial charge in [-0.1, -0.05) is 24.8 Å². The molecule has 0 radical (unpaired) electrons. The minimum atomic E-state index is -1.16. The third kappa shape index (κ3) is 6.88. The Bertz CT molecular complexity index is 1140. The van der Waals surface area contributed by atoms with E-state index in [1.54, 1.807) is 24.3 Å². The number of hydrogen-bond acceptors (Lipinski definition) is 7. The SMILES string of the molecule is CC(C)Oc1ccc(-c2nc(-c3ccc(OCOCC[Si](C)(C)C)cc3F)no2)cc1C#N. The molecule has 0 saturated carbocycles. The van der Waals surface area contributed by atoms with Crippen molar-refractivity contribution in [1.82, 2.24) is 10.1 Å². The van der Waals surface area contributed by atoms with Crippen LogP contribution in [0.5, 0.6) is 11.5 Å². The quantitative estimate of drug-likeness (QED) is 0.208. The second-order valence-electron chi connectivity index (χ2n) is 9.04. The summed E-state index contributed by atoms with van der Waals surface area (Å²) < 4.78 is 36.6. The van der Waals surface area contributed by atoms with Gasteiger partial charge in [0.2, 0.25) is 5.82 Å². The van der Waals surface area contributed by atoms with Crippen molar-refractivity contribution in [2.45, 2.75) is 45.6 Å². The van der Waals surface area contributed by atoms with Crippen LogP contribution in [-0.4, -0.2) is 37.7 Å². The van der Waals surface area contributed by atoms with Crippen molar-refractivity contribution >= 4 is 8.07 Å². The molecule has 33 heavy (non-hydrogen) atoms. The Kier molecular flexibility index (Phi) is 7.84. The Morgan fingerprint density at radius 2 is 1.94 bits per heavy atom. The fourth-order valence-electron chi connectivity index (χ4n) is 2.87. The molecule has 0 amide bonds. The number of ether oxygens (including phenoxy) is 3. The van der Waals surface area contributed by atoms with Crippen molar-refractivity contribution in [1.29, 1.82) is 5.26 Å². The van der Waals surface area contributed by atoms with E-state index >= 15 is 0 Å². The van der Waals surface area contributed by atoms with E-state index in [2.05, 4.69) is 35.9 Å². The van der Waals surface area contributed by atoms with Gasteiger partial charge in [-0.25, -0.2) is 4.39 Å². The van der Waals surface area contributed by atoms with E-state index in [0.29, 0.717) is 29.2 Å². The Morgan fingerprint density at radius 3 is 2.61 bits per heavy atom. The fraction of sp³-hybridized carbons (Fsp3) is 0.375. The van der Waals surface area contributed by atoms with Gasteiger partial charge in [-0.2, -0.15) is 10.2 Å². The first-order chi connectivity index (χ1) is 15.7. The van der Waals surface area contributed by atoms with Gasteiger partial charge < -0.3 is 18.7 Å². The molecule has 3 rings (SSSR count). The van der Waals surface area contributed by atoms with E-state index < -0.39 is 13.9 Å². The van der Waals surface area contributed by atoms with Gasteiger partial charge in [0.1, 0.15) is 23.4 Å². The van der Waals surface area contributed by atoms with Crippen molar-refractivity contribution in [3.05, 3.63) is 47.8 Å². The molecule has 0 N–H and O–H groups in total. The van der Waals surface area contributed by atoms with Gasteiger partial charge in [0.15, 0.2) is 6.79 Å². The zero-order valence-corrected chi connectivity index (χ0v) is 20.5. The minimum absolute atomic E-state index is 0.0629. The molecule has 0 aliphatic rings. The minimum Gasteiger partial charge on any atom is -0.490 e. The van der Waals surface area contributed by atoms with Crippen LogP contribution in [0.15, 0.2) is 40.9 Å². The lowest BCUT2D eigenvalue weighted by atomic mass is 10.1. The van der Waals surface area contributed by atoms with Crippen molar-refractivity contribution in [3.63, 3.8) is 0 Å². The molecule has 0 bridgehead atoms. The van der Waals surface area contributed by atoms with Crippen LogP contribution in [-0.2, 0) is 4.74 Å². The van der Waals surface area contributed by atoms with E-state index in [-0.39, 0.29) is 30.2 Å². The largest absolute Gasteiger partial charge is 0.490 e. The van der Waals surface area contributed by atoms with E-state index in [4.69, 9.17) is 18.7 Å². The maximum absolute atomic E-state index is 14.7. The summed E-state index contributed by atoms with van der Waals surface area (Å²) in [5, 5.41) is 13.3. The number of nitriles is 1. The molecule has 1 aromatic heterocycles. The summed E-state index contributed by atoms with van der Waals surface area (Å²) in [6.07, 6.45) is -0.0652. The Labute approximate surface area is 194 Å². The fourth-order valence-corrected chi connectivity index (χ4v) is 3.63. The highest BCUT2D eigenvalue weighted by Gasteiger charge is 2.17. The van der Waals surface area contributed by atoms with Gasteiger partial charge in [0, 0.05) is 26.3 Å². The van der Waals surface area contributed by atoms with E-state index in [1.807, 2.05) is 13.8 Å². The van der Waals surface area contributed by atoms with Crippen LogP contribution in [0.4, 0.5) is 4.39 Å². The number of benzene rings is 2. The van der Waals surface area contributed by atoms with E-state index in [1.165, 1.54) is 12.1 Å². The molecule has 0 aliphatic heterocycles. The monoisotopic (exact) mass is 469 g/mol. The average molecular weight is 470 g/mol. The molecule has 3 aromatic rings. The van der Waals surface area contributed by atoms with Crippen molar-refractivity contribution in [3.8, 4) is 40.4 Å². The highest BCUT2D eigenvalue weighted by molar-refractivity contribution is 6.76. The molecule has 174 valence electrons. The summed E-state index contributed by atoms with van der Waals surface area (Å²) in [5.41, 5.74) is 1.06. The van der Waals surface area contributed by atoms with Gasteiger partial charge in [-0.15, -0.1) is 0 Å². The molecule has 9 heteroatoms. The third-order valence-corrected chi connectivity index (χ3v) is 6.33. The van der Waals surface area contributed by atoms with Crippen LogP contribution < -0.4 is 9.47 Å². The molecule has 2 aromatic carbocycles.